The minimum atomic E-state index is -0.843. The SMILES string of the molecule is CCC(CC)n1cnc2c(NCc3cc(F)ccc3O)nc(NCC(C)C(C)(C)O)nc21. The van der Waals surface area contributed by atoms with Gasteiger partial charge in [0.1, 0.15) is 11.6 Å². The minimum Gasteiger partial charge on any atom is -0.508 e. The van der Waals surface area contributed by atoms with Crippen molar-refractivity contribution in [3.05, 3.63) is 35.9 Å². The third kappa shape index (κ3) is 5.27. The third-order valence-corrected chi connectivity index (χ3v) is 6.02. The van der Waals surface area contributed by atoms with Crippen LogP contribution in [0.4, 0.5) is 16.2 Å². The van der Waals surface area contributed by atoms with Crippen molar-refractivity contribution >= 4 is 22.9 Å². The van der Waals surface area contributed by atoms with E-state index in [2.05, 4.69) is 34.4 Å². The molecule has 174 valence electrons. The molecule has 4 N–H and O–H groups in total. The largest absolute Gasteiger partial charge is 0.508 e. The van der Waals surface area contributed by atoms with Crippen LogP contribution in [0.5, 0.6) is 5.75 Å². The van der Waals surface area contributed by atoms with E-state index < -0.39 is 11.4 Å². The lowest BCUT2D eigenvalue weighted by molar-refractivity contribution is 0.0303. The topological polar surface area (TPSA) is 108 Å². The number of benzene rings is 1. The summed E-state index contributed by atoms with van der Waals surface area (Å²) < 4.78 is 15.7. The monoisotopic (exact) mass is 444 g/mol. The van der Waals surface area contributed by atoms with E-state index >= 15 is 0 Å². The predicted octanol–water partition coefficient (Wildman–Crippen LogP) is 4.46. The van der Waals surface area contributed by atoms with Crippen molar-refractivity contribution in [3.63, 3.8) is 0 Å². The van der Waals surface area contributed by atoms with Gasteiger partial charge in [0, 0.05) is 30.6 Å². The van der Waals surface area contributed by atoms with Crippen molar-refractivity contribution in [2.75, 3.05) is 17.2 Å². The van der Waals surface area contributed by atoms with Crippen LogP contribution in [0.25, 0.3) is 11.2 Å². The quantitative estimate of drug-likeness (QED) is 0.365. The molecule has 0 spiro atoms. The van der Waals surface area contributed by atoms with Crippen molar-refractivity contribution < 1.29 is 14.6 Å². The standard InChI is InChI=1S/C23H33FN6O2/c1-6-17(7-2)30-13-27-19-20(25-12-15-10-16(24)8-9-18(15)31)28-22(29-21(19)30)26-11-14(3)23(4,5)32/h8-10,13-14,17,31-32H,6-7,11-12H2,1-5H3,(H2,25,26,28,29). The molecule has 1 aromatic carbocycles. The van der Waals surface area contributed by atoms with Crippen LogP contribution in [-0.4, -0.2) is 41.9 Å². The van der Waals surface area contributed by atoms with Gasteiger partial charge in [-0.05, 0) is 44.9 Å². The smallest absolute Gasteiger partial charge is 0.226 e. The Bertz CT molecular complexity index is 1060. The Morgan fingerprint density at radius 3 is 2.53 bits per heavy atom. The van der Waals surface area contributed by atoms with Gasteiger partial charge >= 0.3 is 0 Å². The summed E-state index contributed by atoms with van der Waals surface area (Å²) in [6.45, 7) is 10.4. The summed E-state index contributed by atoms with van der Waals surface area (Å²) >= 11 is 0. The highest BCUT2D eigenvalue weighted by molar-refractivity contribution is 5.84. The molecule has 3 aromatic rings. The molecule has 0 bridgehead atoms. The highest BCUT2D eigenvalue weighted by Crippen LogP contribution is 2.28. The number of fused-ring (bicyclic) bond motifs is 1. The van der Waals surface area contributed by atoms with E-state index in [-0.39, 0.29) is 24.3 Å². The summed E-state index contributed by atoms with van der Waals surface area (Å²) in [6.07, 6.45) is 3.64. The van der Waals surface area contributed by atoms with Crippen LogP contribution < -0.4 is 10.6 Å². The Morgan fingerprint density at radius 2 is 1.88 bits per heavy atom. The van der Waals surface area contributed by atoms with Gasteiger partial charge in [0.15, 0.2) is 17.0 Å². The summed E-state index contributed by atoms with van der Waals surface area (Å²) in [6, 6.07) is 4.07. The number of halogens is 1. The summed E-state index contributed by atoms with van der Waals surface area (Å²) in [4.78, 5) is 13.8. The molecule has 0 saturated heterocycles. The maximum Gasteiger partial charge on any atom is 0.226 e. The van der Waals surface area contributed by atoms with Gasteiger partial charge in [-0.1, -0.05) is 20.8 Å². The fraction of sp³-hybridized carbons (Fsp3) is 0.522. The molecule has 0 aliphatic carbocycles. The molecule has 2 aromatic heterocycles. The lowest BCUT2D eigenvalue weighted by Crippen LogP contribution is -2.33. The first kappa shape index (κ1) is 23.7. The molecule has 0 fully saturated rings. The average molecular weight is 445 g/mol. The molecular weight excluding hydrogens is 411 g/mol. The van der Waals surface area contributed by atoms with Gasteiger partial charge in [0.05, 0.1) is 11.9 Å². The molecule has 0 saturated carbocycles. The number of anilines is 2. The third-order valence-electron chi connectivity index (χ3n) is 6.02. The molecular formula is C23H33FN6O2. The molecule has 0 radical (unpaired) electrons. The minimum absolute atomic E-state index is 0.00381. The fourth-order valence-electron chi connectivity index (χ4n) is 3.44. The van der Waals surface area contributed by atoms with E-state index in [9.17, 15) is 14.6 Å². The van der Waals surface area contributed by atoms with Crippen LogP contribution in [0.15, 0.2) is 24.5 Å². The number of aromatic nitrogens is 4. The number of hydrogen-bond donors (Lipinski definition) is 4. The van der Waals surface area contributed by atoms with Gasteiger partial charge in [-0.2, -0.15) is 9.97 Å². The zero-order valence-corrected chi connectivity index (χ0v) is 19.4. The van der Waals surface area contributed by atoms with E-state index in [4.69, 9.17) is 4.98 Å². The molecule has 0 aliphatic heterocycles. The highest BCUT2D eigenvalue weighted by Gasteiger charge is 2.23. The molecule has 0 aliphatic rings. The van der Waals surface area contributed by atoms with Crippen LogP contribution in [0, 0.1) is 11.7 Å². The Balaban J connectivity index is 1.96. The second-order valence-electron chi connectivity index (χ2n) is 8.75. The zero-order valence-electron chi connectivity index (χ0n) is 19.4. The predicted molar refractivity (Wildman–Crippen MR) is 124 cm³/mol. The number of nitrogens with zero attached hydrogens (tertiary/aromatic N) is 4. The lowest BCUT2D eigenvalue weighted by atomic mass is 9.93. The summed E-state index contributed by atoms with van der Waals surface area (Å²) in [5.41, 5.74) is 0.873. The summed E-state index contributed by atoms with van der Waals surface area (Å²) in [5.74, 6) is 0.443. The highest BCUT2D eigenvalue weighted by atomic mass is 19.1. The van der Waals surface area contributed by atoms with Gasteiger partial charge < -0.3 is 25.4 Å². The maximum atomic E-state index is 13.6. The van der Waals surface area contributed by atoms with Crippen LogP contribution in [0.1, 0.15) is 59.1 Å². The van der Waals surface area contributed by atoms with Crippen molar-refractivity contribution in [1.29, 1.82) is 0 Å². The molecule has 9 heteroatoms. The van der Waals surface area contributed by atoms with Gasteiger partial charge in [0.25, 0.3) is 0 Å². The van der Waals surface area contributed by atoms with E-state index in [0.29, 0.717) is 35.0 Å². The van der Waals surface area contributed by atoms with E-state index in [0.717, 1.165) is 12.8 Å². The van der Waals surface area contributed by atoms with Crippen LogP contribution in [0.3, 0.4) is 0 Å². The van der Waals surface area contributed by atoms with Gasteiger partial charge in [-0.15, -0.1) is 0 Å². The number of hydrogen-bond acceptors (Lipinski definition) is 7. The Hall–Kier alpha value is -2.94. The van der Waals surface area contributed by atoms with Crippen LogP contribution in [-0.2, 0) is 6.54 Å². The maximum absolute atomic E-state index is 13.6. The first-order valence-electron chi connectivity index (χ1n) is 11.1. The average Bonchev–Trinajstić information content (AvgIpc) is 3.16. The van der Waals surface area contributed by atoms with E-state index in [1.54, 1.807) is 20.2 Å². The molecule has 32 heavy (non-hydrogen) atoms. The number of aliphatic hydroxyl groups is 1. The summed E-state index contributed by atoms with van der Waals surface area (Å²) in [5, 5.41) is 26.7. The number of imidazole rings is 1. The Kier molecular flexibility index (Phi) is 7.18. The summed E-state index contributed by atoms with van der Waals surface area (Å²) in [7, 11) is 0. The van der Waals surface area contributed by atoms with Crippen molar-refractivity contribution in [3.8, 4) is 5.75 Å². The number of rotatable bonds is 10. The lowest BCUT2D eigenvalue weighted by Gasteiger charge is -2.26. The fourth-order valence-corrected chi connectivity index (χ4v) is 3.44. The molecule has 1 atom stereocenters. The van der Waals surface area contributed by atoms with Gasteiger partial charge in [-0.3, -0.25) is 0 Å². The van der Waals surface area contributed by atoms with E-state index in [1.165, 1.54) is 18.2 Å². The zero-order chi connectivity index (χ0) is 23.5. The number of aromatic hydroxyl groups is 1. The molecule has 1 unspecified atom stereocenters. The molecule has 0 amide bonds. The Labute approximate surface area is 187 Å². The van der Waals surface area contributed by atoms with Crippen molar-refractivity contribution in [2.45, 2.75) is 65.6 Å². The second kappa shape index (κ2) is 9.68. The normalized spacial score (nSPS) is 13.0. The molecule has 3 rings (SSSR count). The van der Waals surface area contributed by atoms with Crippen LogP contribution >= 0.6 is 0 Å². The van der Waals surface area contributed by atoms with E-state index in [1.807, 2.05) is 11.5 Å². The molecule has 2 heterocycles. The number of phenols is 1. The van der Waals surface area contributed by atoms with Gasteiger partial charge in [-0.25, -0.2) is 9.37 Å². The van der Waals surface area contributed by atoms with Crippen molar-refractivity contribution in [1.82, 2.24) is 19.5 Å². The first-order valence-corrected chi connectivity index (χ1v) is 11.1. The first-order chi connectivity index (χ1) is 15.1. The van der Waals surface area contributed by atoms with Crippen LogP contribution in [0.2, 0.25) is 0 Å². The molecule has 8 nitrogen and oxygen atoms in total. The number of nitrogens with one attached hydrogen (secondary N) is 2. The van der Waals surface area contributed by atoms with Crippen molar-refractivity contribution in [2.24, 2.45) is 5.92 Å². The second-order valence-corrected chi connectivity index (χ2v) is 8.75. The number of phenolic OH excluding ortho intramolecular Hbond substituents is 1. The Morgan fingerprint density at radius 1 is 1.16 bits per heavy atom. The van der Waals surface area contributed by atoms with Gasteiger partial charge in [0.2, 0.25) is 5.95 Å².